The molecule has 1 atom stereocenters. The highest BCUT2D eigenvalue weighted by Gasteiger charge is 2.27. The van der Waals surface area contributed by atoms with Crippen LogP contribution >= 0.6 is 0 Å². The Morgan fingerprint density at radius 2 is 2.30 bits per heavy atom. The Morgan fingerprint density at radius 3 is 2.90 bits per heavy atom. The number of rotatable bonds is 5. The van der Waals surface area contributed by atoms with Gasteiger partial charge in [-0.15, -0.1) is 0 Å². The van der Waals surface area contributed by atoms with E-state index in [1.54, 1.807) is 0 Å². The summed E-state index contributed by atoms with van der Waals surface area (Å²) < 4.78 is 0. The molecule has 0 spiro atoms. The summed E-state index contributed by atoms with van der Waals surface area (Å²) in [5.74, 6) is 0. The second-order valence-electron chi connectivity index (χ2n) is 5.39. The van der Waals surface area contributed by atoms with E-state index in [1.807, 2.05) is 25.1 Å². The van der Waals surface area contributed by atoms with Crippen LogP contribution in [0.3, 0.4) is 0 Å². The minimum atomic E-state index is -0.246. The zero-order valence-corrected chi connectivity index (χ0v) is 12.3. The van der Waals surface area contributed by atoms with E-state index in [2.05, 4.69) is 17.1 Å². The number of nitro benzene ring substituents is 1. The molecule has 1 aromatic rings. The monoisotopic (exact) mass is 277 g/mol. The van der Waals surface area contributed by atoms with Gasteiger partial charge >= 0.3 is 0 Å². The summed E-state index contributed by atoms with van der Waals surface area (Å²) in [6.45, 7) is 6.74. The van der Waals surface area contributed by atoms with E-state index in [9.17, 15) is 10.1 Å². The van der Waals surface area contributed by atoms with Gasteiger partial charge in [-0.3, -0.25) is 10.1 Å². The number of hydrogen-bond acceptors (Lipinski definition) is 4. The molecule has 0 bridgehead atoms. The summed E-state index contributed by atoms with van der Waals surface area (Å²) in [4.78, 5) is 13.4. The number of nitrogens with one attached hydrogen (secondary N) is 1. The van der Waals surface area contributed by atoms with Gasteiger partial charge in [-0.25, -0.2) is 0 Å². The van der Waals surface area contributed by atoms with E-state index in [0.29, 0.717) is 6.04 Å². The molecule has 1 aliphatic heterocycles. The molecule has 20 heavy (non-hydrogen) atoms. The van der Waals surface area contributed by atoms with Crippen molar-refractivity contribution in [1.29, 1.82) is 0 Å². The minimum absolute atomic E-state index is 0.246. The molecule has 2 rings (SSSR count). The van der Waals surface area contributed by atoms with E-state index in [0.717, 1.165) is 50.1 Å². The highest BCUT2D eigenvalue weighted by Crippen LogP contribution is 2.33. The molecule has 1 N–H and O–H groups in total. The van der Waals surface area contributed by atoms with Crippen LogP contribution < -0.4 is 10.2 Å². The summed E-state index contributed by atoms with van der Waals surface area (Å²) in [5.41, 5.74) is 1.76. The quantitative estimate of drug-likeness (QED) is 0.664. The molecule has 0 amide bonds. The third kappa shape index (κ3) is 3.10. The summed E-state index contributed by atoms with van der Waals surface area (Å²) in [5, 5.41) is 14.8. The zero-order valence-electron chi connectivity index (χ0n) is 12.3. The molecule has 1 saturated heterocycles. The third-order valence-electron chi connectivity index (χ3n) is 3.88. The second kappa shape index (κ2) is 6.70. The summed E-state index contributed by atoms with van der Waals surface area (Å²) in [6, 6.07) is 5.96. The van der Waals surface area contributed by atoms with Crippen LogP contribution in [0.2, 0.25) is 0 Å². The van der Waals surface area contributed by atoms with Crippen LogP contribution in [0.5, 0.6) is 0 Å². The van der Waals surface area contributed by atoms with Crippen LogP contribution in [0.1, 0.15) is 31.7 Å². The molecule has 5 heteroatoms. The average Bonchev–Trinajstić information content (AvgIpc) is 2.45. The molecule has 0 radical (unpaired) electrons. The van der Waals surface area contributed by atoms with Gasteiger partial charge in [-0.1, -0.05) is 19.1 Å². The molecular weight excluding hydrogens is 254 g/mol. The normalized spacial score (nSPS) is 18.8. The first kappa shape index (κ1) is 14.8. The van der Waals surface area contributed by atoms with Crippen LogP contribution in [-0.4, -0.2) is 30.6 Å². The Kier molecular flexibility index (Phi) is 4.95. The molecule has 0 aromatic heterocycles. The summed E-state index contributed by atoms with van der Waals surface area (Å²) >= 11 is 0. The molecule has 0 aliphatic carbocycles. The molecule has 110 valence electrons. The number of aryl methyl sites for hydroxylation is 1. The summed E-state index contributed by atoms with van der Waals surface area (Å²) in [7, 11) is 0. The Balaban J connectivity index is 2.38. The highest BCUT2D eigenvalue weighted by molar-refractivity contribution is 5.67. The van der Waals surface area contributed by atoms with Crippen LogP contribution in [0, 0.1) is 17.0 Å². The number of piperidine rings is 1. The minimum Gasteiger partial charge on any atom is -0.362 e. The number of para-hydroxylation sites is 1. The fraction of sp³-hybridized carbons (Fsp3) is 0.600. The van der Waals surface area contributed by atoms with Crippen molar-refractivity contribution >= 4 is 11.4 Å². The first-order valence-corrected chi connectivity index (χ1v) is 7.36. The topological polar surface area (TPSA) is 58.4 Å². The predicted molar refractivity (Wildman–Crippen MR) is 81.4 cm³/mol. The van der Waals surface area contributed by atoms with Crippen molar-refractivity contribution in [3.8, 4) is 0 Å². The number of nitro groups is 1. The Morgan fingerprint density at radius 1 is 1.50 bits per heavy atom. The molecule has 1 unspecified atom stereocenters. The predicted octanol–water partition coefficient (Wildman–Crippen LogP) is 2.87. The van der Waals surface area contributed by atoms with E-state index < -0.39 is 0 Å². The van der Waals surface area contributed by atoms with Crippen LogP contribution in [-0.2, 0) is 0 Å². The van der Waals surface area contributed by atoms with Crippen LogP contribution in [0.25, 0.3) is 0 Å². The number of hydrogen-bond donors (Lipinski definition) is 1. The first-order valence-electron chi connectivity index (χ1n) is 7.36. The molecule has 1 aromatic carbocycles. The van der Waals surface area contributed by atoms with E-state index in [4.69, 9.17) is 0 Å². The van der Waals surface area contributed by atoms with Crippen LogP contribution in [0.15, 0.2) is 18.2 Å². The lowest BCUT2D eigenvalue weighted by atomic mass is 10.0. The largest absolute Gasteiger partial charge is 0.362 e. The zero-order chi connectivity index (χ0) is 14.5. The maximum absolute atomic E-state index is 11.4. The number of anilines is 1. The Labute approximate surface area is 120 Å². The lowest BCUT2D eigenvalue weighted by Crippen LogP contribution is -2.46. The van der Waals surface area contributed by atoms with Gasteiger partial charge in [0, 0.05) is 24.7 Å². The number of nitrogens with zero attached hydrogens (tertiary/aromatic N) is 2. The van der Waals surface area contributed by atoms with Gasteiger partial charge in [-0.05, 0) is 38.8 Å². The molecule has 1 heterocycles. The Hall–Kier alpha value is -1.62. The van der Waals surface area contributed by atoms with Crippen molar-refractivity contribution in [3.63, 3.8) is 0 Å². The van der Waals surface area contributed by atoms with E-state index >= 15 is 0 Å². The van der Waals surface area contributed by atoms with E-state index in [1.165, 1.54) is 0 Å². The van der Waals surface area contributed by atoms with E-state index in [-0.39, 0.29) is 10.6 Å². The lowest BCUT2D eigenvalue weighted by molar-refractivity contribution is -0.384. The highest BCUT2D eigenvalue weighted by atomic mass is 16.6. The molecule has 1 aliphatic rings. The van der Waals surface area contributed by atoms with Crippen molar-refractivity contribution in [3.05, 3.63) is 33.9 Å². The molecule has 1 fully saturated rings. The molecule has 0 saturated carbocycles. The smallest absolute Gasteiger partial charge is 0.295 e. The van der Waals surface area contributed by atoms with Crippen molar-refractivity contribution in [1.82, 2.24) is 5.32 Å². The van der Waals surface area contributed by atoms with Crippen molar-refractivity contribution in [2.45, 2.75) is 39.2 Å². The van der Waals surface area contributed by atoms with Crippen molar-refractivity contribution in [2.24, 2.45) is 0 Å². The Bertz CT molecular complexity index is 470. The third-order valence-corrected chi connectivity index (χ3v) is 3.88. The van der Waals surface area contributed by atoms with Gasteiger partial charge in [0.1, 0.15) is 5.69 Å². The average molecular weight is 277 g/mol. The van der Waals surface area contributed by atoms with Crippen molar-refractivity contribution < 1.29 is 4.92 Å². The van der Waals surface area contributed by atoms with Crippen molar-refractivity contribution in [2.75, 3.05) is 24.5 Å². The fourth-order valence-corrected chi connectivity index (χ4v) is 2.95. The van der Waals surface area contributed by atoms with Crippen LogP contribution in [0.4, 0.5) is 11.4 Å². The lowest BCUT2D eigenvalue weighted by Gasteiger charge is -2.36. The second-order valence-corrected chi connectivity index (χ2v) is 5.39. The maximum Gasteiger partial charge on any atom is 0.295 e. The van der Waals surface area contributed by atoms with Gasteiger partial charge in [0.15, 0.2) is 0 Å². The summed E-state index contributed by atoms with van der Waals surface area (Å²) in [6.07, 6.45) is 3.21. The SMILES string of the molecule is CCCN(c1cccc(C)c1[N+](=O)[O-])C1CCCNC1. The van der Waals surface area contributed by atoms with Gasteiger partial charge in [-0.2, -0.15) is 0 Å². The van der Waals surface area contributed by atoms with Gasteiger partial charge in [0.05, 0.1) is 4.92 Å². The molecular formula is C15H23N3O2. The molecule has 5 nitrogen and oxygen atoms in total. The first-order chi connectivity index (χ1) is 9.65. The van der Waals surface area contributed by atoms with Gasteiger partial charge in [0.2, 0.25) is 0 Å². The standard InChI is InChI=1S/C15H23N3O2/c1-3-10-17(13-7-5-9-16-11-13)14-8-4-6-12(2)15(14)18(19)20/h4,6,8,13,16H,3,5,7,9-11H2,1-2H3. The van der Waals surface area contributed by atoms with Gasteiger partial charge < -0.3 is 10.2 Å². The fourth-order valence-electron chi connectivity index (χ4n) is 2.95. The van der Waals surface area contributed by atoms with Gasteiger partial charge in [0.25, 0.3) is 5.69 Å². The number of benzene rings is 1. The maximum atomic E-state index is 11.4.